The summed E-state index contributed by atoms with van der Waals surface area (Å²) in [6.45, 7) is 1.71. The summed E-state index contributed by atoms with van der Waals surface area (Å²) >= 11 is 1.13. The molecule has 0 bridgehead atoms. The number of rotatable bonds is 0. The summed E-state index contributed by atoms with van der Waals surface area (Å²) in [6.07, 6.45) is -3.50. The van der Waals surface area contributed by atoms with Crippen molar-refractivity contribution in [1.29, 1.82) is 0 Å². The highest BCUT2D eigenvalue weighted by Crippen LogP contribution is 2.29. The number of fused-ring (bicyclic) bond motifs is 1. The van der Waals surface area contributed by atoms with E-state index in [-0.39, 0.29) is 4.96 Å². The van der Waals surface area contributed by atoms with Crippen LogP contribution in [0.1, 0.15) is 10.7 Å². The quantitative estimate of drug-likeness (QED) is 0.662. The Morgan fingerprint density at radius 3 is 2.69 bits per heavy atom. The van der Waals surface area contributed by atoms with Crippen LogP contribution in [0.2, 0.25) is 0 Å². The highest BCUT2D eigenvalue weighted by atomic mass is 32.1. The summed E-state index contributed by atoms with van der Waals surface area (Å²) in [5.74, 6) is 0. The first-order chi connectivity index (χ1) is 5.97. The number of imidazole rings is 1. The number of alkyl halides is 3. The van der Waals surface area contributed by atoms with Crippen molar-refractivity contribution in [3.8, 4) is 0 Å². The van der Waals surface area contributed by atoms with Gasteiger partial charge in [0.1, 0.15) is 5.01 Å². The summed E-state index contributed by atoms with van der Waals surface area (Å²) < 4.78 is 37.5. The number of nitrogens with zero attached hydrogens (tertiary/aromatic N) is 3. The second-order valence-corrected chi connectivity index (χ2v) is 3.63. The maximum Gasteiger partial charge on any atom is 0.435 e. The van der Waals surface area contributed by atoms with Crippen LogP contribution in [0.25, 0.3) is 4.96 Å². The van der Waals surface area contributed by atoms with Crippen molar-refractivity contribution in [2.45, 2.75) is 13.1 Å². The van der Waals surface area contributed by atoms with Crippen molar-refractivity contribution in [2.75, 3.05) is 0 Å². The molecule has 0 spiro atoms. The van der Waals surface area contributed by atoms with Crippen molar-refractivity contribution in [3.63, 3.8) is 0 Å². The lowest BCUT2D eigenvalue weighted by Gasteiger charge is -1.98. The monoisotopic (exact) mass is 207 g/mol. The summed E-state index contributed by atoms with van der Waals surface area (Å²) in [7, 11) is 0. The molecule has 0 N–H and O–H groups in total. The van der Waals surface area contributed by atoms with Crippen molar-refractivity contribution in [3.05, 3.63) is 16.9 Å². The van der Waals surface area contributed by atoms with E-state index in [1.165, 1.54) is 0 Å². The van der Waals surface area contributed by atoms with Gasteiger partial charge in [-0.15, -0.1) is 0 Å². The van der Waals surface area contributed by atoms with E-state index < -0.39 is 11.9 Å². The van der Waals surface area contributed by atoms with Crippen LogP contribution in [-0.4, -0.2) is 14.6 Å². The first-order valence-corrected chi connectivity index (χ1v) is 4.18. The lowest BCUT2D eigenvalue weighted by Crippen LogP contribution is -2.04. The minimum Gasteiger partial charge on any atom is -0.213 e. The Bertz CT molecular complexity index is 410. The fraction of sp³-hybridized carbons (Fsp3) is 0.333. The third-order valence-electron chi connectivity index (χ3n) is 1.43. The molecule has 7 heteroatoms. The van der Waals surface area contributed by atoms with E-state index in [9.17, 15) is 13.2 Å². The highest BCUT2D eigenvalue weighted by Gasteiger charge is 2.34. The zero-order valence-electron chi connectivity index (χ0n) is 6.46. The molecule has 0 fully saturated rings. The van der Waals surface area contributed by atoms with Crippen molar-refractivity contribution in [1.82, 2.24) is 14.6 Å². The first-order valence-electron chi connectivity index (χ1n) is 3.37. The number of aromatic nitrogens is 3. The Hall–Kier alpha value is -1.11. The third kappa shape index (κ3) is 1.39. The molecule has 0 unspecified atom stereocenters. The Morgan fingerprint density at radius 2 is 2.15 bits per heavy atom. The Labute approximate surface area is 74.8 Å². The van der Waals surface area contributed by atoms with Crippen LogP contribution >= 0.6 is 11.3 Å². The van der Waals surface area contributed by atoms with E-state index in [4.69, 9.17) is 0 Å². The Kier molecular flexibility index (Phi) is 1.59. The lowest BCUT2D eigenvalue weighted by atomic mass is 10.5. The number of hydrogen-bond donors (Lipinski definition) is 0. The van der Waals surface area contributed by atoms with Gasteiger partial charge in [0.05, 0.1) is 6.20 Å². The fourth-order valence-corrected chi connectivity index (χ4v) is 1.66. The molecule has 0 atom stereocenters. The molecule has 13 heavy (non-hydrogen) atoms. The topological polar surface area (TPSA) is 30.2 Å². The van der Waals surface area contributed by atoms with Gasteiger partial charge in [-0.1, -0.05) is 11.3 Å². The van der Waals surface area contributed by atoms with Crippen molar-refractivity contribution in [2.24, 2.45) is 0 Å². The van der Waals surface area contributed by atoms with E-state index in [0.29, 0.717) is 5.01 Å². The van der Waals surface area contributed by atoms with Gasteiger partial charge in [-0.05, 0) is 6.92 Å². The smallest absolute Gasteiger partial charge is 0.213 e. The van der Waals surface area contributed by atoms with Crippen molar-refractivity contribution >= 4 is 16.3 Å². The number of aryl methyl sites for hydroxylation is 1. The van der Waals surface area contributed by atoms with E-state index in [1.54, 1.807) is 6.92 Å². The van der Waals surface area contributed by atoms with Gasteiger partial charge in [0, 0.05) is 0 Å². The van der Waals surface area contributed by atoms with Gasteiger partial charge < -0.3 is 0 Å². The SMILES string of the molecule is Cc1nn2cc(C(F)(F)F)nc2s1. The zero-order chi connectivity index (χ0) is 9.64. The molecule has 3 nitrogen and oxygen atoms in total. The number of halogens is 3. The minimum atomic E-state index is -4.39. The van der Waals surface area contributed by atoms with Crippen LogP contribution in [0.3, 0.4) is 0 Å². The van der Waals surface area contributed by atoms with E-state index in [0.717, 1.165) is 22.0 Å². The van der Waals surface area contributed by atoms with Crippen molar-refractivity contribution < 1.29 is 13.2 Å². The summed E-state index contributed by atoms with van der Waals surface area (Å²) in [5.41, 5.74) is -0.897. The predicted molar refractivity (Wildman–Crippen MR) is 40.6 cm³/mol. The number of hydrogen-bond acceptors (Lipinski definition) is 3. The maximum atomic E-state index is 12.1. The molecular formula is C6H4F3N3S. The van der Waals surface area contributed by atoms with Crippen LogP contribution in [0.15, 0.2) is 6.20 Å². The highest BCUT2D eigenvalue weighted by molar-refractivity contribution is 7.16. The van der Waals surface area contributed by atoms with Gasteiger partial charge >= 0.3 is 6.18 Å². The van der Waals surface area contributed by atoms with Gasteiger partial charge in [-0.3, -0.25) is 0 Å². The Balaban J connectivity index is 2.57. The molecule has 2 heterocycles. The largest absolute Gasteiger partial charge is 0.435 e. The molecule has 0 radical (unpaired) electrons. The molecule has 0 saturated heterocycles. The van der Waals surface area contributed by atoms with Crippen LogP contribution < -0.4 is 0 Å². The van der Waals surface area contributed by atoms with E-state index >= 15 is 0 Å². The molecule has 0 amide bonds. The molecule has 0 aliphatic rings. The van der Waals surface area contributed by atoms with Crippen LogP contribution in [0, 0.1) is 6.92 Å². The third-order valence-corrected chi connectivity index (χ3v) is 2.27. The Morgan fingerprint density at radius 1 is 1.46 bits per heavy atom. The molecule has 0 aliphatic heterocycles. The summed E-state index contributed by atoms with van der Waals surface area (Å²) in [5, 5.41) is 4.51. The molecule has 2 aromatic heterocycles. The molecule has 0 aromatic carbocycles. The van der Waals surface area contributed by atoms with Gasteiger partial charge in [0.2, 0.25) is 4.96 Å². The van der Waals surface area contributed by atoms with E-state index in [2.05, 4.69) is 10.1 Å². The predicted octanol–water partition coefficient (Wildman–Crippen LogP) is 2.12. The molecule has 0 aliphatic carbocycles. The van der Waals surface area contributed by atoms with Crippen LogP contribution in [-0.2, 0) is 6.18 Å². The summed E-state index contributed by atoms with van der Waals surface area (Å²) in [4.78, 5) is 3.67. The average molecular weight is 207 g/mol. The second-order valence-electron chi connectivity index (χ2n) is 2.47. The molecule has 2 aromatic rings. The van der Waals surface area contributed by atoms with E-state index in [1.807, 2.05) is 0 Å². The second kappa shape index (κ2) is 2.44. The average Bonchev–Trinajstić information content (AvgIpc) is 2.40. The summed E-state index contributed by atoms with van der Waals surface area (Å²) in [6, 6.07) is 0. The van der Waals surface area contributed by atoms with Gasteiger partial charge in [-0.25, -0.2) is 9.50 Å². The standard InChI is InChI=1S/C6H4F3N3S/c1-3-11-12-2-4(6(7,8)9)10-5(12)13-3/h2H,1H3. The van der Waals surface area contributed by atoms with Gasteiger partial charge in [0.15, 0.2) is 5.69 Å². The maximum absolute atomic E-state index is 12.1. The first kappa shape index (κ1) is 8.49. The molecular weight excluding hydrogens is 203 g/mol. The molecule has 70 valence electrons. The molecule has 2 rings (SSSR count). The lowest BCUT2D eigenvalue weighted by molar-refractivity contribution is -0.140. The fourth-order valence-electron chi connectivity index (χ4n) is 0.936. The normalized spacial score (nSPS) is 12.6. The van der Waals surface area contributed by atoms with Crippen LogP contribution in [0.5, 0.6) is 0 Å². The van der Waals surface area contributed by atoms with Gasteiger partial charge in [0.25, 0.3) is 0 Å². The zero-order valence-corrected chi connectivity index (χ0v) is 7.28. The molecule has 0 saturated carbocycles. The van der Waals surface area contributed by atoms with Crippen LogP contribution in [0.4, 0.5) is 13.2 Å². The minimum absolute atomic E-state index is 0.268. The van der Waals surface area contributed by atoms with Gasteiger partial charge in [-0.2, -0.15) is 18.3 Å².